The van der Waals surface area contributed by atoms with Gasteiger partial charge in [0.25, 0.3) is 0 Å². The van der Waals surface area contributed by atoms with E-state index in [1.54, 1.807) is 20.8 Å². The second kappa shape index (κ2) is 9.98. The Hall–Kier alpha value is -2.54. The first-order chi connectivity index (χ1) is 14.1. The fourth-order valence-electron chi connectivity index (χ4n) is 2.77. The van der Waals surface area contributed by atoms with Crippen molar-refractivity contribution in [2.45, 2.75) is 58.2 Å². The highest BCUT2D eigenvalue weighted by Gasteiger charge is 2.30. The lowest BCUT2D eigenvalue weighted by molar-refractivity contribution is -0.148. The van der Waals surface area contributed by atoms with Gasteiger partial charge in [-0.25, -0.2) is 4.98 Å². The summed E-state index contributed by atoms with van der Waals surface area (Å²) in [6, 6.07) is -0.770. The number of aliphatic hydroxyl groups excluding tert-OH is 1. The van der Waals surface area contributed by atoms with Crippen LogP contribution >= 0.6 is 0 Å². The molecule has 0 saturated heterocycles. The predicted molar refractivity (Wildman–Crippen MR) is 108 cm³/mol. The van der Waals surface area contributed by atoms with Crippen molar-refractivity contribution < 1.29 is 29.2 Å². The topological polar surface area (TPSA) is 167 Å². The van der Waals surface area contributed by atoms with Crippen LogP contribution in [0.2, 0.25) is 0 Å². The molecule has 0 aromatic carbocycles. The number of anilines is 1. The minimum atomic E-state index is -1.47. The summed E-state index contributed by atoms with van der Waals surface area (Å²) in [5.41, 5.74) is 4.68. The molecule has 0 radical (unpaired) electrons. The summed E-state index contributed by atoms with van der Waals surface area (Å²) in [7, 11) is 1.45. The van der Waals surface area contributed by atoms with Crippen LogP contribution in [-0.2, 0) is 20.0 Å². The first-order valence-corrected chi connectivity index (χ1v) is 9.59. The molecule has 0 bridgehead atoms. The van der Waals surface area contributed by atoms with Crippen molar-refractivity contribution in [2.75, 3.05) is 25.6 Å². The number of esters is 1. The molecule has 0 amide bonds. The van der Waals surface area contributed by atoms with Crippen molar-refractivity contribution in [1.29, 1.82) is 0 Å². The third-order valence-corrected chi connectivity index (χ3v) is 4.31. The van der Waals surface area contributed by atoms with Crippen molar-refractivity contribution in [2.24, 2.45) is 5.73 Å². The Kier molecular flexibility index (Phi) is 7.89. The maximum atomic E-state index is 11.7. The van der Waals surface area contributed by atoms with Crippen LogP contribution in [0.25, 0.3) is 11.2 Å². The molecule has 30 heavy (non-hydrogen) atoms. The normalized spacial score (nSPS) is 16.5. The van der Waals surface area contributed by atoms with Crippen LogP contribution < -0.4 is 15.8 Å². The number of carbonyl (C=O) groups excluding carboxylic acids is 1. The van der Waals surface area contributed by atoms with Crippen molar-refractivity contribution in [3.05, 3.63) is 6.33 Å². The highest BCUT2D eigenvalue weighted by Crippen LogP contribution is 2.29. The summed E-state index contributed by atoms with van der Waals surface area (Å²) in [6.07, 6.45) is 0.153. The molecular formula is C18H30N6O6. The Morgan fingerprint density at radius 1 is 1.40 bits per heavy atom. The lowest BCUT2D eigenvalue weighted by Crippen LogP contribution is -2.36. The van der Waals surface area contributed by atoms with E-state index in [2.05, 4.69) is 20.3 Å². The van der Waals surface area contributed by atoms with E-state index < -0.39 is 30.1 Å². The summed E-state index contributed by atoms with van der Waals surface area (Å²) < 4.78 is 17.4. The van der Waals surface area contributed by atoms with Gasteiger partial charge < -0.3 is 35.5 Å². The standard InChI is InChI=1S/C18H30N6O6/c1-6-29-15-13-14(22-17(23-15)21-11(3)30-16(26)10(2)19)24(9-20-13)18(4,27)7-12(8-25)28-5/h9-12,25,27H,6-8,19H2,1-5H3,(H,21,22,23)/t10-,11?,12-,18+/m0/s1. The molecule has 2 heterocycles. The molecule has 2 rings (SSSR count). The third-order valence-electron chi connectivity index (χ3n) is 4.31. The Morgan fingerprint density at radius 2 is 2.10 bits per heavy atom. The van der Waals surface area contributed by atoms with Gasteiger partial charge >= 0.3 is 5.97 Å². The van der Waals surface area contributed by atoms with E-state index >= 15 is 0 Å². The molecule has 0 aliphatic carbocycles. The van der Waals surface area contributed by atoms with Crippen LogP contribution in [0.15, 0.2) is 6.33 Å². The van der Waals surface area contributed by atoms with Gasteiger partial charge in [-0.05, 0) is 27.7 Å². The quantitative estimate of drug-likeness (QED) is 0.280. The van der Waals surface area contributed by atoms with Gasteiger partial charge in [0.15, 0.2) is 17.4 Å². The van der Waals surface area contributed by atoms with Gasteiger partial charge in [-0.2, -0.15) is 9.97 Å². The molecule has 0 aliphatic rings. The first kappa shape index (κ1) is 23.7. The van der Waals surface area contributed by atoms with Gasteiger partial charge in [0.05, 0.1) is 25.6 Å². The highest BCUT2D eigenvalue weighted by atomic mass is 16.6. The second-order valence-corrected chi connectivity index (χ2v) is 7.05. The number of hydrogen-bond donors (Lipinski definition) is 4. The molecule has 4 atom stereocenters. The number of nitrogens with zero attached hydrogens (tertiary/aromatic N) is 4. The monoisotopic (exact) mass is 426 g/mol. The zero-order valence-corrected chi connectivity index (χ0v) is 17.8. The van der Waals surface area contributed by atoms with Crippen LogP contribution in [0.5, 0.6) is 5.88 Å². The molecule has 0 aliphatic heterocycles. The number of aromatic nitrogens is 4. The largest absolute Gasteiger partial charge is 0.476 e. The van der Waals surface area contributed by atoms with Crippen LogP contribution in [0, 0.1) is 0 Å². The highest BCUT2D eigenvalue weighted by molar-refractivity contribution is 5.78. The number of imidazole rings is 1. The summed E-state index contributed by atoms with van der Waals surface area (Å²) in [6.45, 7) is 6.55. The van der Waals surface area contributed by atoms with Gasteiger partial charge in [-0.15, -0.1) is 0 Å². The summed E-state index contributed by atoms with van der Waals surface area (Å²) in [4.78, 5) is 24.7. The van der Waals surface area contributed by atoms with Gasteiger partial charge in [0.1, 0.15) is 11.8 Å². The number of fused-ring (bicyclic) bond motifs is 1. The minimum absolute atomic E-state index is 0.0879. The van der Waals surface area contributed by atoms with Gasteiger partial charge in [-0.1, -0.05) is 0 Å². The number of carbonyl (C=O) groups is 1. The lowest BCUT2D eigenvalue weighted by Gasteiger charge is -2.28. The van der Waals surface area contributed by atoms with Gasteiger partial charge in [0, 0.05) is 13.5 Å². The summed E-state index contributed by atoms with van der Waals surface area (Å²) in [5.74, 6) is -0.265. The molecule has 12 nitrogen and oxygen atoms in total. The van der Waals surface area contributed by atoms with E-state index in [0.717, 1.165) is 0 Å². The Balaban J connectivity index is 2.41. The molecule has 0 spiro atoms. The van der Waals surface area contributed by atoms with E-state index in [1.807, 2.05) is 0 Å². The van der Waals surface area contributed by atoms with E-state index in [4.69, 9.17) is 19.9 Å². The van der Waals surface area contributed by atoms with Crippen LogP contribution in [-0.4, -0.2) is 74.4 Å². The summed E-state index contributed by atoms with van der Waals surface area (Å²) >= 11 is 0. The maximum Gasteiger partial charge on any atom is 0.324 e. The zero-order valence-electron chi connectivity index (χ0n) is 17.8. The third kappa shape index (κ3) is 5.53. The van der Waals surface area contributed by atoms with E-state index in [0.29, 0.717) is 17.8 Å². The van der Waals surface area contributed by atoms with Gasteiger partial charge in [0.2, 0.25) is 11.8 Å². The lowest BCUT2D eigenvalue weighted by atomic mass is 10.1. The smallest absolute Gasteiger partial charge is 0.324 e. The van der Waals surface area contributed by atoms with Crippen LogP contribution in [0.3, 0.4) is 0 Å². The number of rotatable bonds is 11. The van der Waals surface area contributed by atoms with E-state index in [9.17, 15) is 15.0 Å². The number of methoxy groups -OCH3 is 1. The average molecular weight is 426 g/mol. The SMILES string of the molecule is CCOc1nc(NC(C)OC(=O)[C@H](C)N)nc2c1ncn2[C@](C)(O)C[C@@H](CO)OC. The fourth-order valence-corrected chi connectivity index (χ4v) is 2.77. The van der Waals surface area contributed by atoms with Crippen molar-refractivity contribution in [1.82, 2.24) is 19.5 Å². The van der Waals surface area contributed by atoms with Crippen molar-refractivity contribution in [3.63, 3.8) is 0 Å². The summed E-state index contributed by atoms with van der Waals surface area (Å²) in [5, 5.41) is 23.3. The molecule has 12 heteroatoms. The predicted octanol–water partition coefficient (Wildman–Crippen LogP) is -0.0643. The Morgan fingerprint density at radius 3 is 2.67 bits per heavy atom. The Bertz CT molecular complexity index is 851. The second-order valence-electron chi connectivity index (χ2n) is 7.05. The van der Waals surface area contributed by atoms with Crippen LogP contribution in [0.1, 0.15) is 34.1 Å². The molecule has 2 aromatic rings. The van der Waals surface area contributed by atoms with Gasteiger partial charge in [-0.3, -0.25) is 9.36 Å². The van der Waals surface area contributed by atoms with Crippen molar-refractivity contribution >= 4 is 23.1 Å². The molecule has 168 valence electrons. The fraction of sp³-hybridized carbons (Fsp3) is 0.667. The molecule has 0 fully saturated rings. The number of nitrogens with two attached hydrogens (primary N) is 1. The zero-order chi connectivity index (χ0) is 22.5. The Labute approximate surface area is 174 Å². The first-order valence-electron chi connectivity index (χ1n) is 9.59. The molecular weight excluding hydrogens is 396 g/mol. The number of aliphatic hydroxyl groups is 2. The van der Waals surface area contributed by atoms with Crippen molar-refractivity contribution in [3.8, 4) is 5.88 Å². The van der Waals surface area contributed by atoms with E-state index in [-0.39, 0.29) is 24.9 Å². The molecule has 2 aromatic heterocycles. The number of nitrogens with one attached hydrogen (secondary N) is 1. The van der Waals surface area contributed by atoms with Crippen LogP contribution in [0.4, 0.5) is 5.95 Å². The molecule has 1 unspecified atom stereocenters. The number of ether oxygens (including phenoxy) is 3. The maximum absolute atomic E-state index is 11.7. The minimum Gasteiger partial charge on any atom is -0.476 e. The molecule has 0 saturated carbocycles. The number of hydrogen-bond acceptors (Lipinski definition) is 11. The average Bonchev–Trinajstić information content (AvgIpc) is 3.11. The molecule has 5 N–H and O–H groups in total. The van der Waals surface area contributed by atoms with E-state index in [1.165, 1.54) is 24.9 Å².